The minimum Gasteiger partial charge on any atom is -0.475 e. The van der Waals surface area contributed by atoms with Crippen molar-refractivity contribution < 1.29 is 46.3 Å². The van der Waals surface area contributed by atoms with Gasteiger partial charge in [0.2, 0.25) is 16.8 Å². The van der Waals surface area contributed by atoms with Crippen LogP contribution in [0.1, 0.15) is 124 Å². The number of rotatable bonds is 22. The van der Waals surface area contributed by atoms with Gasteiger partial charge in [-0.15, -0.1) is 11.3 Å². The number of likely N-dealkylation sites (tertiary alicyclic amines) is 4. The molecule has 4 amide bonds. The fraction of sp³-hybridized carbons (Fsp3) is 0.266. The zero-order chi connectivity index (χ0) is 86.9. The van der Waals surface area contributed by atoms with Crippen LogP contribution in [0, 0.1) is 18.6 Å². The monoisotopic (exact) mass is 1740 g/mol. The molecule has 0 spiro atoms. The van der Waals surface area contributed by atoms with Crippen molar-refractivity contribution >= 4 is 73.9 Å². The molecule has 33 heteroatoms. The van der Waals surface area contributed by atoms with Crippen LogP contribution in [0.25, 0.3) is 77.9 Å². The van der Waals surface area contributed by atoms with Gasteiger partial charge in [-0.05, 0) is 130 Å². The number of benzene rings is 5. The molecule has 4 aliphatic heterocycles. The molecule has 21 rings (SSSR count). The Morgan fingerprint density at radius 3 is 1.58 bits per heavy atom. The van der Waals surface area contributed by atoms with Crippen LogP contribution in [0.15, 0.2) is 246 Å². The van der Waals surface area contributed by atoms with E-state index in [4.69, 9.17) is 23.4 Å². The second-order valence-electron chi connectivity index (χ2n) is 31.2. The highest BCUT2D eigenvalue weighted by atomic mass is 32.1. The lowest BCUT2D eigenvalue weighted by Gasteiger charge is -2.25. The molecule has 16 heterocycles. The fourth-order valence-electron chi connectivity index (χ4n) is 16.6. The maximum absolute atomic E-state index is 14.6. The number of ether oxygens (including phenoxy) is 2. The van der Waals surface area contributed by atoms with Crippen LogP contribution < -0.4 is 14.8 Å². The van der Waals surface area contributed by atoms with Gasteiger partial charge in [0.25, 0.3) is 23.6 Å². The average Bonchev–Trinajstić information content (AvgIpc) is 1.62. The molecular formula is C94H89F2N21O8S2. The van der Waals surface area contributed by atoms with E-state index in [0.717, 1.165) is 103 Å². The Morgan fingerprint density at radius 1 is 0.480 bits per heavy atom. The first-order chi connectivity index (χ1) is 62.3. The van der Waals surface area contributed by atoms with Crippen LogP contribution in [-0.4, -0.2) is 191 Å². The third-order valence-electron chi connectivity index (χ3n) is 23.2. The van der Waals surface area contributed by atoms with Gasteiger partial charge in [0.1, 0.15) is 82.7 Å². The van der Waals surface area contributed by atoms with Crippen molar-refractivity contribution in [1.29, 1.82) is 0 Å². The number of hydrogen-bond donors (Lipinski definition) is 1. The Hall–Kier alpha value is -14.5. The van der Waals surface area contributed by atoms with Crippen LogP contribution >= 0.6 is 22.7 Å². The molecule has 4 saturated heterocycles. The predicted molar refractivity (Wildman–Crippen MR) is 476 cm³/mol. The maximum Gasteiger partial charge on any atom is 0.316 e. The predicted octanol–water partition coefficient (Wildman–Crippen LogP) is 16.6. The molecule has 127 heavy (non-hydrogen) atoms. The lowest BCUT2D eigenvalue weighted by molar-refractivity contribution is 0.0675. The van der Waals surface area contributed by atoms with Crippen molar-refractivity contribution in [2.45, 2.75) is 116 Å². The zero-order valence-corrected chi connectivity index (χ0v) is 71.5. The number of pyridine rings is 1. The number of fused-ring (bicyclic) bond motifs is 4. The SMILES string of the molecule is CCc1cnc(NC[C@@H]2CCCN2C(=O)c2c(-c3ccccc3F)nc3sccn23)nc1.CCc1cnc(OC[C@@H]2CCCN2C(=O)c2c(-c3ccccc3)nc3occn23)nc1.Cc1ccc(OC[C@@H]2CCCN2C(=O)c2c(-c3ccccc3)nc3occn23)nc1.O=C(c1c(-c2ccc(F)cc2)nc2scnn12)N1CCC[C@H]1Cn1ccc(-c2ccccc2)n1. The van der Waals surface area contributed by atoms with Crippen molar-refractivity contribution in [3.8, 4) is 68.2 Å². The second-order valence-corrected chi connectivity index (χ2v) is 32.9. The highest BCUT2D eigenvalue weighted by Crippen LogP contribution is 2.37. The molecule has 0 saturated carbocycles. The van der Waals surface area contributed by atoms with E-state index in [0.29, 0.717) is 149 Å². The number of imidazole rings is 4. The first-order valence-electron chi connectivity index (χ1n) is 42.4. The van der Waals surface area contributed by atoms with Crippen LogP contribution in [0.5, 0.6) is 11.9 Å². The molecule has 12 aromatic heterocycles. The third-order valence-corrected chi connectivity index (χ3v) is 24.6. The minimum atomic E-state index is -0.389. The lowest BCUT2D eigenvalue weighted by atomic mass is 10.1. The summed E-state index contributed by atoms with van der Waals surface area (Å²) in [7, 11) is 0. The number of nitrogens with zero attached hydrogens (tertiary/aromatic N) is 20. The summed E-state index contributed by atoms with van der Waals surface area (Å²) >= 11 is 2.79. The van der Waals surface area contributed by atoms with Gasteiger partial charge in [-0.25, -0.2) is 43.7 Å². The molecule has 0 bridgehead atoms. The van der Waals surface area contributed by atoms with Crippen molar-refractivity contribution in [2.24, 2.45) is 0 Å². The molecule has 0 unspecified atom stereocenters. The van der Waals surface area contributed by atoms with Gasteiger partial charge in [0.15, 0.2) is 10.7 Å². The number of thiazole rings is 1. The number of oxazole rings is 2. The van der Waals surface area contributed by atoms with E-state index in [1.54, 1.807) is 90.8 Å². The van der Waals surface area contributed by atoms with Gasteiger partial charge in [-0.3, -0.25) is 37.1 Å². The quantitative estimate of drug-likeness (QED) is 0.0659. The third kappa shape index (κ3) is 18.0. The summed E-state index contributed by atoms with van der Waals surface area (Å²) in [6.45, 7) is 10.7. The van der Waals surface area contributed by atoms with E-state index in [1.165, 1.54) is 47.1 Å². The standard InChI is InChI=1S/C25H21FN6OS.C23H23FN6OS.C23H23N5O3.C23H22N4O3/c26-19-10-8-18(9-11-19)22-23(32-25(28-22)34-16-27-32)24(33)31-13-4-7-20(31)15-30-14-12-21(29-30)17-5-2-1-3-6-17;1-2-15-12-25-22(26-13-15)27-14-16-6-5-9-29(16)21(31)20-19(17-7-3-4-8-18(17)24)28-23-30(20)10-11-32-23;1-2-16-13-24-22(25-14-16)31-15-18-9-6-10-27(18)21(29)20-19(17-7-4-3-5-8-17)26-23-28(20)11-12-30-23;1-16-9-10-19(24-14-16)30-15-18-8-5-11-26(18)22(28)21-20(17-6-3-2-4-7-17)25-23-27(21)12-13-29-23/h1-3,5-6,8-12,14,16,20H,4,7,13,15H2;3-4,7-8,10-13,16H,2,5-6,9,14H2,1H3,(H,25,26,27);3-5,7-8,11-14,18H,2,6,9-10,15H2,1H3;2-4,6-7,9-10,12-14,18H,5,8,11,15H2,1H3/t20-;16-;2*18-/m0000/s1. The van der Waals surface area contributed by atoms with Crippen LogP contribution in [-0.2, 0) is 19.4 Å². The number of aryl methyl sites for hydroxylation is 3. The first kappa shape index (κ1) is 83.4. The topological polar surface area (TPSA) is 302 Å². The summed E-state index contributed by atoms with van der Waals surface area (Å²) in [6, 6.07) is 48.1. The van der Waals surface area contributed by atoms with Crippen molar-refractivity contribution in [2.75, 3.05) is 51.3 Å². The molecule has 29 nitrogen and oxygen atoms in total. The minimum absolute atomic E-state index is 0.00499. The van der Waals surface area contributed by atoms with Gasteiger partial charge in [-0.2, -0.15) is 24.7 Å². The number of carbonyl (C=O) groups is 4. The number of aromatic nitrogens is 16. The van der Waals surface area contributed by atoms with E-state index in [-0.39, 0.29) is 59.4 Å². The van der Waals surface area contributed by atoms with E-state index in [9.17, 15) is 28.0 Å². The summed E-state index contributed by atoms with van der Waals surface area (Å²) in [6.07, 6.45) is 28.3. The Labute approximate surface area is 736 Å². The number of amides is 4. The maximum atomic E-state index is 14.6. The number of halogens is 2. The molecule has 0 radical (unpaired) electrons. The molecule has 4 atom stereocenters. The Kier molecular flexibility index (Phi) is 24.9. The van der Waals surface area contributed by atoms with Gasteiger partial charge in [-0.1, -0.05) is 134 Å². The summed E-state index contributed by atoms with van der Waals surface area (Å²) < 4.78 is 59.4. The number of hydrogen-bond acceptors (Lipinski definition) is 22. The summed E-state index contributed by atoms with van der Waals surface area (Å²) in [5.74, 6) is 0.823. The second kappa shape index (κ2) is 37.9. The molecule has 5 aromatic carbocycles. The number of nitrogens with one attached hydrogen (secondary N) is 1. The van der Waals surface area contributed by atoms with E-state index >= 15 is 0 Å². The summed E-state index contributed by atoms with van der Waals surface area (Å²) in [5, 5.41) is 14.2. The van der Waals surface area contributed by atoms with E-state index < -0.39 is 0 Å². The number of carbonyl (C=O) groups excluding carboxylic acids is 4. The van der Waals surface area contributed by atoms with E-state index in [2.05, 4.69) is 69.1 Å². The highest BCUT2D eigenvalue weighted by molar-refractivity contribution is 7.15. The Balaban J connectivity index is 0.000000115. The molecule has 0 aliphatic carbocycles. The van der Waals surface area contributed by atoms with Crippen molar-refractivity contribution in [1.82, 2.24) is 97.1 Å². The van der Waals surface area contributed by atoms with E-state index in [1.807, 2.05) is 171 Å². The van der Waals surface area contributed by atoms with Gasteiger partial charge < -0.3 is 43.2 Å². The molecule has 644 valence electrons. The first-order valence-corrected chi connectivity index (χ1v) is 44.2. The normalized spacial score (nSPS) is 16.1. The largest absolute Gasteiger partial charge is 0.475 e. The zero-order valence-electron chi connectivity index (χ0n) is 69.8. The Morgan fingerprint density at radius 2 is 0.992 bits per heavy atom. The average molecular weight is 1740 g/mol. The fourth-order valence-corrected chi connectivity index (χ4v) is 17.9. The van der Waals surface area contributed by atoms with Crippen molar-refractivity contribution in [3.63, 3.8) is 0 Å². The summed E-state index contributed by atoms with van der Waals surface area (Å²) in [4.78, 5) is 104. The van der Waals surface area contributed by atoms with Gasteiger partial charge in [0.05, 0.1) is 30.4 Å². The Bertz CT molecular complexity index is 6650. The van der Waals surface area contributed by atoms with Crippen LogP contribution in [0.4, 0.5) is 14.7 Å². The highest BCUT2D eigenvalue weighted by Gasteiger charge is 2.39. The summed E-state index contributed by atoms with van der Waals surface area (Å²) in [5.41, 5.74) is 13.7. The van der Waals surface area contributed by atoms with Crippen molar-refractivity contribution in [3.05, 3.63) is 288 Å². The lowest BCUT2D eigenvalue weighted by Crippen LogP contribution is -2.40. The molecular weight excluding hydrogens is 1650 g/mol. The van der Waals surface area contributed by atoms with Gasteiger partial charge >= 0.3 is 17.7 Å². The molecule has 4 fully saturated rings. The smallest absolute Gasteiger partial charge is 0.316 e. The number of anilines is 1. The molecule has 17 aromatic rings. The van der Waals surface area contributed by atoms with Gasteiger partial charge in [0, 0.05) is 134 Å². The molecule has 4 aliphatic rings. The molecule has 1 N–H and O–H groups in total. The van der Waals surface area contributed by atoms with Crippen LogP contribution in [0.2, 0.25) is 0 Å². The van der Waals surface area contributed by atoms with Crippen LogP contribution in [0.3, 0.4) is 0 Å².